The maximum atomic E-state index is 11.6. The highest BCUT2D eigenvalue weighted by molar-refractivity contribution is 5.94. The largest absolute Gasteiger partial charge is 0.481 e. The van der Waals surface area contributed by atoms with E-state index in [9.17, 15) is 4.79 Å². The standard InChI is InChI=1S/C26H29N5O4.ClH/c1-33-22-5-3-19-23(31-22)17(7-13-27-19)6-8-26-11-9-25(10-12-26,16-35-26)28-14-18-2-4-20-24(29-18)30-21(32)15-34-20;/h2-5,7,13,28H,6,8-12,14-16H2,1H3,(H,29,30,32);1H. The lowest BCUT2D eigenvalue weighted by molar-refractivity contribution is -0.165. The number of ether oxygens (including phenoxy) is 3. The molecule has 2 bridgehead atoms. The topological polar surface area (TPSA) is 107 Å². The second-order valence-electron chi connectivity index (χ2n) is 9.78. The number of pyridine rings is 3. The second kappa shape index (κ2) is 9.80. The Balaban J connectivity index is 0.00000267. The SMILES string of the molecule is COc1ccc2nccc(CCC34CCC(NCc5ccc6c(n5)NC(=O)CO6)(CC3)CO4)c2n1.Cl. The highest BCUT2D eigenvalue weighted by Crippen LogP contribution is 2.46. The third-order valence-corrected chi connectivity index (χ3v) is 7.65. The van der Waals surface area contributed by atoms with E-state index in [1.807, 2.05) is 30.5 Å². The van der Waals surface area contributed by atoms with Crippen molar-refractivity contribution in [3.05, 3.63) is 47.8 Å². The first-order valence-corrected chi connectivity index (χ1v) is 12.2. The van der Waals surface area contributed by atoms with E-state index in [1.54, 1.807) is 7.11 Å². The first kappa shape index (κ1) is 24.7. The Morgan fingerprint density at radius 2 is 1.97 bits per heavy atom. The summed E-state index contributed by atoms with van der Waals surface area (Å²) in [6, 6.07) is 9.67. The lowest BCUT2D eigenvalue weighted by Gasteiger charge is -2.53. The fourth-order valence-electron chi connectivity index (χ4n) is 5.43. The number of rotatable bonds is 7. The molecule has 6 heterocycles. The molecular weight excluding hydrogens is 482 g/mol. The van der Waals surface area contributed by atoms with Crippen molar-refractivity contribution >= 4 is 35.2 Å². The van der Waals surface area contributed by atoms with Crippen LogP contribution in [-0.2, 0) is 22.5 Å². The molecular formula is C26H30ClN5O4. The number of nitrogens with zero attached hydrogens (tertiary/aromatic N) is 3. The minimum absolute atomic E-state index is 0. The van der Waals surface area contributed by atoms with Gasteiger partial charge >= 0.3 is 0 Å². The van der Waals surface area contributed by atoms with Crippen molar-refractivity contribution in [3.8, 4) is 11.6 Å². The molecule has 7 rings (SSSR count). The molecule has 4 aliphatic rings. The van der Waals surface area contributed by atoms with E-state index >= 15 is 0 Å². The van der Waals surface area contributed by atoms with Crippen molar-refractivity contribution in [1.29, 1.82) is 0 Å². The summed E-state index contributed by atoms with van der Waals surface area (Å²) in [7, 11) is 1.63. The van der Waals surface area contributed by atoms with Gasteiger partial charge in [-0.15, -0.1) is 12.4 Å². The molecule has 2 saturated heterocycles. The maximum Gasteiger partial charge on any atom is 0.263 e. The third kappa shape index (κ3) is 4.70. The average Bonchev–Trinajstić information content (AvgIpc) is 2.91. The number of carbonyl (C=O) groups excluding carboxylic acids is 1. The lowest BCUT2D eigenvalue weighted by atomic mass is 9.69. The van der Waals surface area contributed by atoms with E-state index in [-0.39, 0.29) is 36.1 Å². The minimum Gasteiger partial charge on any atom is -0.481 e. The highest BCUT2D eigenvalue weighted by atomic mass is 35.5. The van der Waals surface area contributed by atoms with Gasteiger partial charge in [0.1, 0.15) is 0 Å². The maximum absolute atomic E-state index is 11.6. The molecule has 9 nitrogen and oxygen atoms in total. The van der Waals surface area contributed by atoms with Crippen molar-refractivity contribution < 1.29 is 19.0 Å². The van der Waals surface area contributed by atoms with Crippen molar-refractivity contribution in [3.63, 3.8) is 0 Å². The molecule has 3 aliphatic heterocycles. The zero-order valence-electron chi connectivity index (χ0n) is 20.2. The monoisotopic (exact) mass is 511 g/mol. The molecule has 0 unspecified atom stereocenters. The van der Waals surface area contributed by atoms with Crippen LogP contribution in [0.15, 0.2) is 36.5 Å². The number of nitrogens with one attached hydrogen (secondary N) is 2. The number of amides is 1. The van der Waals surface area contributed by atoms with Crippen LogP contribution in [-0.4, -0.2) is 52.3 Å². The zero-order chi connectivity index (χ0) is 23.9. The van der Waals surface area contributed by atoms with Gasteiger partial charge in [-0.3, -0.25) is 9.78 Å². The summed E-state index contributed by atoms with van der Waals surface area (Å²) in [6.07, 6.45) is 7.91. The molecule has 3 fully saturated rings. The number of carbonyl (C=O) groups is 1. The number of hydrogen-bond acceptors (Lipinski definition) is 8. The Morgan fingerprint density at radius 3 is 2.75 bits per heavy atom. The first-order valence-electron chi connectivity index (χ1n) is 12.2. The van der Waals surface area contributed by atoms with Gasteiger partial charge in [-0.25, -0.2) is 9.97 Å². The van der Waals surface area contributed by atoms with Gasteiger partial charge in [0, 0.05) is 24.3 Å². The molecule has 36 heavy (non-hydrogen) atoms. The van der Waals surface area contributed by atoms with Crippen LogP contribution in [0.2, 0.25) is 0 Å². The number of methoxy groups -OCH3 is 1. The summed E-state index contributed by atoms with van der Waals surface area (Å²) < 4.78 is 17.2. The lowest BCUT2D eigenvalue weighted by Crippen LogP contribution is -2.61. The van der Waals surface area contributed by atoms with Crippen LogP contribution < -0.4 is 20.1 Å². The molecule has 1 saturated carbocycles. The van der Waals surface area contributed by atoms with Gasteiger partial charge in [0.05, 0.1) is 36.0 Å². The Kier molecular flexibility index (Phi) is 6.72. The minimum atomic E-state index is -0.173. The third-order valence-electron chi connectivity index (χ3n) is 7.65. The van der Waals surface area contributed by atoms with Gasteiger partial charge in [-0.05, 0) is 68.4 Å². The summed E-state index contributed by atoms with van der Waals surface area (Å²) >= 11 is 0. The molecule has 0 radical (unpaired) electrons. The number of fused-ring (bicyclic) bond motifs is 5. The summed E-state index contributed by atoms with van der Waals surface area (Å²) in [4.78, 5) is 25.2. The van der Waals surface area contributed by atoms with Crippen LogP contribution in [0, 0.1) is 0 Å². The van der Waals surface area contributed by atoms with Crippen LogP contribution in [0.4, 0.5) is 5.82 Å². The summed E-state index contributed by atoms with van der Waals surface area (Å²) in [5, 5.41) is 6.49. The molecule has 3 aromatic rings. The Labute approximate surface area is 215 Å². The van der Waals surface area contributed by atoms with Gasteiger partial charge in [-0.2, -0.15) is 0 Å². The molecule has 3 aromatic heterocycles. The molecule has 0 aromatic carbocycles. The Hall–Kier alpha value is -3.01. The Bertz CT molecular complexity index is 1260. The Morgan fingerprint density at radius 1 is 1.11 bits per heavy atom. The van der Waals surface area contributed by atoms with E-state index in [0.717, 1.165) is 55.3 Å². The van der Waals surface area contributed by atoms with E-state index in [1.165, 1.54) is 5.56 Å². The quantitative estimate of drug-likeness (QED) is 0.495. The summed E-state index contributed by atoms with van der Waals surface area (Å²) in [5.41, 5.74) is 3.74. The first-order chi connectivity index (χ1) is 17.1. The fourth-order valence-corrected chi connectivity index (χ4v) is 5.43. The predicted octanol–water partition coefficient (Wildman–Crippen LogP) is 3.59. The normalized spacial score (nSPS) is 24.4. The predicted molar refractivity (Wildman–Crippen MR) is 137 cm³/mol. The van der Waals surface area contributed by atoms with Crippen LogP contribution in [0.1, 0.15) is 43.4 Å². The van der Waals surface area contributed by atoms with Gasteiger partial charge < -0.3 is 24.8 Å². The van der Waals surface area contributed by atoms with Crippen molar-refractivity contribution in [1.82, 2.24) is 20.3 Å². The zero-order valence-corrected chi connectivity index (χ0v) is 21.0. The van der Waals surface area contributed by atoms with Gasteiger partial charge in [0.2, 0.25) is 5.88 Å². The number of halogens is 1. The molecule has 1 amide bonds. The van der Waals surface area contributed by atoms with E-state index in [2.05, 4.69) is 31.7 Å². The number of anilines is 1. The summed E-state index contributed by atoms with van der Waals surface area (Å²) in [5.74, 6) is 1.55. The smallest absolute Gasteiger partial charge is 0.263 e. The van der Waals surface area contributed by atoms with Crippen molar-refractivity contribution in [2.75, 3.05) is 25.6 Å². The molecule has 2 N–H and O–H groups in total. The average molecular weight is 512 g/mol. The van der Waals surface area contributed by atoms with E-state index in [0.29, 0.717) is 30.6 Å². The van der Waals surface area contributed by atoms with Crippen LogP contribution in [0.5, 0.6) is 11.6 Å². The van der Waals surface area contributed by atoms with Crippen LogP contribution in [0.25, 0.3) is 11.0 Å². The van der Waals surface area contributed by atoms with Crippen molar-refractivity contribution in [2.45, 2.75) is 56.2 Å². The fraction of sp³-hybridized carbons (Fsp3) is 0.462. The highest BCUT2D eigenvalue weighted by Gasteiger charge is 2.49. The van der Waals surface area contributed by atoms with E-state index in [4.69, 9.17) is 14.2 Å². The van der Waals surface area contributed by atoms with Gasteiger partial charge in [-0.1, -0.05) is 0 Å². The number of hydrogen-bond donors (Lipinski definition) is 2. The van der Waals surface area contributed by atoms with Gasteiger partial charge in [0.15, 0.2) is 18.2 Å². The van der Waals surface area contributed by atoms with E-state index < -0.39 is 0 Å². The summed E-state index contributed by atoms with van der Waals surface area (Å²) in [6.45, 7) is 1.35. The number of aromatic nitrogens is 3. The van der Waals surface area contributed by atoms with Gasteiger partial charge in [0.25, 0.3) is 5.91 Å². The molecule has 0 atom stereocenters. The molecule has 1 aliphatic carbocycles. The van der Waals surface area contributed by atoms with Crippen LogP contribution >= 0.6 is 12.4 Å². The second-order valence-corrected chi connectivity index (χ2v) is 9.78. The number of aryl methyl sites for hydroxylation is 1. The molecule has 190 valence electrons. The molecule has 10 heteroatoms. The molecule has 0 spiro atoms. The van der Waals surface area contributed by atoms with Crippen LogP contribution in [0.3, 0.4) is 0 Å². The van der Waals surface area contributed by atoms with Crippen molar-refractivity contribution in [2.24, 2.45) is 0 Å².